The smallest absolute Gasteiger partial charge is 0.267 e. The molecule has 21 heavy (non-hydrogen) atoms. The molecule has 0 saturated heterocycles. The van der Waals surface area contributed by atoms with E-state index in [-0.39, 0.29) is 5.56 Å². The van der Waals surface area contributed by atoms with E-state index in [1.54, 1.807) is 22.7 Å². The summed E-state index contributed by atoms with van der Waals surface area (Å²) in [4.78, 5) is 12.2. The molecular weight excluding hydrogens is 288 g/mol. The first kappa shape index (κ1) is 12.1. The molecule has 0 aliphatic rings. The number of H-pyrrole nitrogens is 1. The monoisotopic (exact) mass is 296 g/mol. The van der Waals surface area contributed by atoms with Crippen molar-refractivity contribution in [3.05, 3.63) is 63.9 Å². The molecule has 0 amide bonds. The van der Waals surface area contributed by atoms with Crippen molar-refractivity contribution in [1.82, 2.24) is 19.8 Å². The molecule has 4 aromatic rings. The first-order chi connectivity index (χ1) is 10.2. The van der Waals surface area contributed by atoms with E-state index in [1.165, 1.54) is 0 Å². The topological polar surface area (TPSA) is 63.0 Å². The minimum atomic E-state index is -0.173. The molecule has 0 fully saturated rings. The molecule has 0 aliphatic heterocycles. The lowest BCUT2D eigenvalue weighted by molar-refractivity contribution is 0.918. The van der Waals surface area contributed by atoms with Crippen molar-refractivity contribution in [1.29, 1.82) is 0 Å². The van der Waals surface area contributed by atoms with Gasteiger partial charge in [-0.15, -0.1) is 10.2 Å². The summed E-state index contributed by atoms with van der Waals surface area (Å²) in [5.74, 6) is 0.574. The van der Waals surface area contributed by atoms with Crippen LogP contribution in [0.15, 0.2) is 53.3 Å². The van der Waals surface area contributed by atoms with E-state index in [0.717, 1.165) is 10.9 Å². The Bertz CT molecular complexity index is 1020. The van der Waals surface area contributed by atoms with Gasteiger partial charge in [0.05, 0.1) is 5.39 Å². The van der Waals surface area contributed by atoms with Crippen molar-refractivity contribution >= 4 is 28.0 Å². The summed E-state index contributed by atoms with van der Waals surface area (Å²) < 4.78 is 1.61. The quantitative estimate of drug-likeness (QED) is 0.587. The maximum absolute atomic E-state index is 12.2. The van der Waals surface area contributed by atoms with Crippen LogP contribution < -0.4 is 5.56 Å². The predicted molar refractivity (Wildman–Crippen MR) is 81.6 cm³/mol. The summed E-state index contributed by atoms with van der Waals surface area (Å²) in [6, 6.07) is 14.6. The first-order valence-electron chi connectivity index (χ1n) is 6.36. The third-order valence-corrected chi connectivity index (χ3v) is 3.64. The molecule has 0 spiro atoms. The number of rotatable bonds is 1. The number of benzene rings is 2. The Hall–Kier alpha value is -2.66. The van der Waals surface area contributed by atoms with Crippen molar-refractivity contribution in [2.24, 2.45) is 0 Å². The Morgan fingerprint density at radius 1 is 0.952 bits per heavy atom. The molecule has 0 saturated carbocycles. The average Bonchev–Trinajstić information content (AvgIpc) is 2.92. The van der Waals surface area contributed by atoms with Gasteiger partial charge >= 0.3 is 0 Å². The van der Waals surface area contributed by atoms with Crippen molar-refractivity contribution < 1.29 is 0 Å². The van der Waals surface area contributed by atoms with Gasteiger partial charge in [-0.05, 0) is 30.3 Å². The minimum Gasteiger partial charge on any atom is -0.267 e. The Morgan fingerprint density at radius 3 is 2.43 bits per heavy atom. The van der Waals surface area contributed by atoms with E-state index in [9.17, 15) is 4.79 Å². The Morgan fingerprint density at radius 2 is 1.67 bits per heavy atom. The fraction of sp³-hybridized carbons (Fsp3) is 0. The number of halogens is 1. The summed E-state index contributed by atoms with van der Waals surface area (Å²) in [7, 11) is 0. The Labute approximate surface area is 123 Å². The van der Waals surface area contributed by atoms with Gasteiger partial charge in [0.2, 0.25) is 0 Å². The van der Waals surface area contributed by atoms with Crippen LogP contribution in [0, 0.1) is 0 Å². The maximum atomic E-state index is 12.2. The molecule has 0 unspecified atom stereocenters. The van der Waals surface area contributed by atoms with Crippen LogP contribution in [0.1, 0.15) is 0 Å². The molecule has 0 bridgehead atoms. The molecule has 0 aliphatic carbocycles. The summed E-state index contributed by atoms with van der Waals surface area (Å²) in [6.45, 7) is 0. The third-order valence-electron chi connectivity index (χ3n) is 3.39. The molecule has 0 atom stereocenters. The number of nitrogens with zero attached hydrogens (tertiary/aromatic N) is 3. The molecular formula is C15H9ClN4O. The third kappa shape index (κ3) is 1.82. The van der Waals surface area contributed by atoms with Crippen LogP contribution in [0.4, 0.5) is 0 Å². The largest absolute Gasteiger partial charge is 0.270 e. The van der Waals surface area contributed by atoms with E-state index in [2.05, 4.69) is 15.3 Å². The molecule has 2 heterocycles. The lowest BCUT2D eigenvalue weighted by atomic mass is 10.2. The Balaban J connectivity index is 2.09. The Kier molecular flexibility index (Phi) is 2.55. The van der Waals surface area contributed by atoms with Crippen molar-refractivity contribution in [3.8, 4) is 11.4 Å². The summed E-state index contributed by atoms with van der Waals surface area (Å²) in [5.41, 5.74) is 1.28. The SMILES string of the molecule is O=c1[nH]n2c(-c3ccc(Cl)cc3)nnc2c2ccccc12. The molecule has 2 aromatic heterocycles. The van der Waals surface area contributed by atoms with Crippen LogP contribution in [0.3, 0.4) is 0 Å². The first-order valence-corrected chi connectivity index (χ1v) is 6.74. The highest BCUT2D eigenvalue weighted by molar-refractivity contribution is 6.30. The highest BCUT2D eigenvalue weighted by Crippen LogP contribution is 2.22. The van der Waals surface area contributed by atoms with Crippen LogP contribution >= 0.6 is 11.6 Å². The van der Waals surface area contributed by atoms with E-state index < -0.39 is 0 Å². The van der Waals surface area contributed by atoms with Crippen LogP contribution in [0.2, 0.25) is 5.02 Å². The number of aromatic nitrogens is 4. The van der Waals surface area contributed by atoms with Crippen LogP contribution in [0.25, 0.3) is 27.8 Å². The van der Waals surface area contributed by atoms with Gasteiger partial charge in [0, 0.05) is 16.0 Å². The maximum Gasteiger partial charge on any atom is 0.270 e. The molecule has 2 aromatic carbocycles. The van der Waals surface area contributed by atoms with Gasteiger partial charge in [0.1, 0.15) is 0 Å². The number of fused-ring (bicyclic) bond motifs is 3. The predicted octanol–water partition coefficient (Wildman–Crippen LogP) is 2.89. The molecule has 102 valence electrons. The lowest BCUT2D eigenvalue weighted by Gasteiger charge is -2.02. The summed E-state index contributed by atoms with van der Waals surface area (Å²) >= 11 is 5.89. The second-order valence-electron chi connectivity index (χ2n) is 4.68. The van der Waals surface area contributed by atoms with Gasteiger partial charge in [0.15, 0.2) is 11.5 Å². The molecule has 5 nitrogen and oxygen atoms in total. The minimum absolute atomic E-state index is 0.173. The normalized spacial score (nSPS) is 11.3. The highest BCUT2D eigenvalue weighted by atomic mass is 35.5. The van der Waals surface area contributed by atoms with Gasteiger partial charge < -0.3 is 0 Å². The standard InChI is InChI=1S/C15H9ClN4O/c16-10-7-5-9(6-8-10)13-17-18-14-11-3-1-2-4-12(11)15(21)19-20(13)14/h1-8H,(H,19,21). The van der Waals surface area contributed by atoms with Gasteiger partial charge in [-0.25, -0.2) is 4.52 Å². The second-order valence-corrected chi connectivity index (χ2v) is 5.11. The van der Waals surface area contributed by atoms with E-state index in [4.69, 9.17) is 11.6 Å². The number of hydrogen-bond donors (Lipinski definition) is 1. The molecule has 6 heteroatoms. The van der Waals surface area contributed by atoms with Gasteiger partial charge in [0.25, 0.3) is 5.56 Å². The van der Waals surface area contributed by atoms with Crippen LogP contribution in [-0.2, 0) is 0 Å². The average molecular weight is 297 g/mol. The second kappa shape index (κ2) is 4.43. The van der Waals surface area contributed by atoms with Crippen LogP contribution in [-0.4, -0.2) is 19.8 Å². The summed E-state index contributed by atoms with van der Waals surface area (Å²) in [5, 5.41) is 13.2. The molecule has 4 rings (SSSR count). The van der Waals surface area contributed by atoms with E-state index in [0.29, 0.717) is 21.9 Å². The van der Waals surface area contributed by atoms with Gasteiger partial charge in [-0.1, -0.05) is 29.8 Å². The van der Waals surface area contributed by atoms with E-state index >= 15 is 0 Å². The molecule has 1 N–H and O–H groups in total. The zero-order valence-corrected chi connectivity index (χ0v) is 11.5. The summed E-state index contributed by atoms with van der Waals surface area (Å²) in [6.07, 6.45) is 0. The lowest BCUT2D eigenvalue weighted by Crippen LogP contribution is -2.12. The fourth-order valence-corrected chi connectivity index (χ4v) is 2.51. The number of aromatic amines is 1. The highest BCUT2D eigenvalue weighted by Gasteiger charge is 2.12. The van der Waals surface area contributed by atoms with Crippen molar-refractivity contribution in [2.75, 3.05) is 0 Å². The number of nitrogens with one attached hydrogen (secondary N) is 1. The van der Waals surface area contributed by atoms with Gasteiger partial charge in [-0.2, -0.15) is 0 Å². The zero-order valence-electron chi connectivity index (χ0n) is 10.7. The van der Waals surface area contributed by atoms with Crippen molar-refractivity contribution in [3.63, 3.8) is 0 Å². The fourth-order valence-electron chi connectivity index (χ4n) is 2.39. The van der Waals surface area contributed by atoms with Crippen LogP contribution in [0.5, 0.6) is 0 Å². The van der Waals surface area contributed by atoms with E-state index in [1.807, 2.05) is 30.3 Å². The molecule has 0 radical (unpaired) electrons. The number of hydrogen-bond acceptors (Lipinski definition) is 3. The zero-order chi connectivity index (χ0) is 14.4. The van der Waals surface area contributed by atoms with Gasteiger partial charge in [-0.3, -0.25) is 9.89 Å². The van der Waals surface area contributed by atoms with Crippen molar-refractivity contribution in [2.45, 2.75) is 0 Å².